The Bertz CT molecular complexity index is 733. The molecule has 0 saturated carbocycles. The lowest BCUT2D eigenvalue weighted by molar-refractivity contribution is -0.124. The number of carbonyl (C=O) groups is 1. The minimum Gasteiger partial charge on any atom is -0.380 e. The summed E-state index contributed by atoms with van der Waals surface area (Å²) in [5, 5.41) is 20.7. The Morgan fingerprint density at radius 2 is 2.05 bits per heavy atom. The number of nitriles is 1. The van der Waals surface area contributed by atoms with Crippen LogP contribution < -0.4 is 10.8 Å². The molecule has 0 saturated heterocycles. The maximum absolute atomic E-state index is 11.0. The Balaban J connectivity index is 2.11. The molecular weight excluding hydrogens is 278 g/mol. The first kappa shape index (κ1) is 15.3. The molecule has 5 nitrogen and oxygen atoms in total. The van der Waals surface area contributed by atoms with Gasteiger partial charge in [-0.05, 0) is 35.4 Å². The lowest BCUT2D eigenvalue weighted by Crippen LogP contribution is -2.14. The predicted molar refractivity (Wildman–Crippen MR) is 83.9 cm³/mol. The number of benzene rings is 2. The van der Waals surface area contributed by atoms with Gasteiger partial charge in [-0.2, -0.15) is 5.26 Å². The molecule has 0 radical (unpaired) electrons. The van der Waals surface area contributed by atoms with Gasteiger partial charge in [-0.3, -0.25) is 10.0 Å². The number of anilines is 1. The van der Waals surface area contributed by atoms with Gasteiger partial charge in [-0.1, -0.05) is 30.3 Å². The number of hydroxylamine groups is 1. The van der Waals surface area contributed by atoms with Gasteiger partial charge < -0.3 is 5.32 Å². The quantitative estimate of drug-likeness (QED) is 0.449. The molecule has 0 heterocycles. The van der Waals surface area contributed by atoms with Crippen molar-refractivity contribution in [2.24, 2.45) is 0 Å². The van der Waals surface area contributed by atoms with Gasteiger partial charge in [0.1, 0.15) is 0 Å². The molecule has 22 heavy (non-hydrogen) atoms. The van der Waals surface area contributed by atoms with Crippen LogP contribution in [-0.4, -0.2) is 11.1 Å². The number of carbonyl (C=O) groups excluding carboxylic acids is 1. The van der Waals surface area contributed by atoms with E-state index >= 15 is 0 Å². The fourth-order valence-electron chi connectivity index (χ4n) is 1.95. The third-order valence-electron chi connectivity index (χ3n) is 3.02. The van der Waals surface area contributed by atoms with Crippen LogP contribution in [0.15, 0.2) is 54.6 Å². The second-order valence-electron chi connectivity index (χ2n) is 4.56. The molecule has 0 spiro atoms. The lowest BCUT2D eigenvalue weighted by Gasteiger charge is -2.10. The smallest absolute Gasteiger partial charge is 0.267 e. The third-order valence-corrected chi connectivity index (χ3v) is 3.02. The van der Waals surface area contributed by atoms with Crippen LogP contribution in [0.3, 0.4) is 0 Å². The average molecular weight is 293 g/mol. The fourth-order valence-corrected chi connectivity index (χ4v) is 1.95. The van der Waals surface area contributed by atoms with Crippen LogP contribution in [-0.2, 0) is 11.3 Å². The molecule has 0 aromatic heterocycles. The van der Waals surface area contributed by atoms with Gasteiger partial charge in [-0.25, -0.2) is 5.48 Å². The van der Waals surface area contributed by atoms with Crippen molar-refractivity contribution in [2.75, 3.05) is 5.32 Å². The second-order valence-corrected chi connectivity index (χ2v) is 4.56. The molecule has 0 aliphatic carbocycles. The van der Waals surface area contributed by atoms with Crippen LogP contribution in [0.25, 0.3) is 6.08 Å². The number of amides is 1. The number of para-hydroxylation sites is 1. The van der Waals surface area contributed by atoms with E-state index in [0.717, 1.165) is 16.8 Å². The SMILES string of the molecule is N#Cc1cccc(CNc2ccccc2C=CC(=O)NO)c1. The summed E-state index contributed by atoms with van der Waals surface area (Å²) in [5.41, 5.74) is 4.83. The maximum atomic E-state index is 11.0. The highest BCUT2D eigenvalue weighted by atomic mass is 16.5. The second kappa shape index (κ2) is 7.62. The molecule has 1 amide bonds. The highest BCUT2D eigenvalue weighted by Gasteiger charge is 2.00. The predicted octanol–water partition coefficient (Wildman–Crippen LogP) is 2.69. The van der Waals surface area contributed by atoms with Gasteiger partial charge in [-0.15, -0.1) is 0 Å². The summed E-state index contributed by atoms with van der Waals surface area (Å²) >= 11 is 0. The standard InChI is InChI=1S/C17H15N3O2/c18-11-13-4-3-5-14(10-13)12-19-16-7-2-1-6-15(16)8-9-17(21)20-22/h1-10,19,22H,12H2,(H,20,21). The molecule has 2 aromatic carbocycles. The van der Waals surface area contributed by atoms with E-state index < -0.39 is 5.91 Å². The van der Waals surface area contributed by atoms with E-state index in [-0.39, 0.29) is 0 Å². The third kappa shape index (κ3) is 4.20. The Hall–Kier alpha value is -3.10. The minimum absolute atomic E-state index is 0.562. The first-order chi connectivity index (χ1) is 10.7. The summed E-state index contributed by atoms with van der Waals surface area (Å²) in [4.78, 5) is 11.0. The van der Waals surface area contributed by atoms with Gasteiger partial charge in [0.25, 0.3) is 5.91 Å². The molecule has 3 N–H and O–H groups in total. The summed E-state index contributed by atoms with van der Waals surface area (Å²) in [7, 11) is 0. The largest absolute Gasteiger partial charge is 0.380 e. The zero-order valence-corrected chi connectivity index (χ0v) is 11.8. The van der Waals surface area contributed by atoms with Crippen LogP contribution in [0.1, 0.15) is 16.7 Å². The summed E-state index contributed by atoms with van der Waals surface area (Å²) in [6, 6.07) is 17.0. The van der Waals surface area contributed by atoms with Crippen LogP contribution in [0.4, 0.5) is 5.69 Å². The number of hydrogen-bond acceptors (Lipinski definition) is 4. The molecule has 0 fully saturated rings. The Morgan fingerprint density at radius 3 is 2.82 bits per heavy atom. The van der Waals surface area contributed by atoms with E-state index in [1.54, 1.807) is 17.6 Å². The topological polar surface area (TPSA) is 85.2 Å². The molecule has 0 aliphatic rings. The van der Waals surface area contributed by atoms with Crippen molar-refractivity contribution in [3.8, 4) is 6.07 Å². The van der Waals surface area contributed by atoms with Crippen molar-refractivity contribution in [3.63, 3.8) is 0 Å². The van der Waals surface area contributed by atoms with E-state index in [4.69, 9.17) is 10.5 Å². The number of hydrogen-bond donors (Lipinski definition) is 3. The van der Waals surface area contributed by atoms with Crippen LogP contribution in [0.2, 0.25) is 0 Å². The van der Waals surface area contributed by atoms with Crippen LogP contribution in [0.5, 0.6) is 0 Å². The summed E-state index contributed by atoms with van der Waals surface area (Å²) in [6.45, 7) is 0.562. The minimum atomic E-state index is -0.587. The van der Waals surface area contributed by atoms with Crippen LogP contribution in [0, 0.1) is 11.3 Å². The van der Waals surface area contributed by atoms with Gasteiger partial charge in [0.05, 0.1) is 11.6 Å². The maximum Gasteiger partial charge on any atom is 0.267 e. The highest BCUT2D eigenvalue weighted by molar-refractivity contribution is 5.91. The van der Waals surface area contributed by atoms with Crippen molar-refractivity contribution < 1.29 is 10.0 Å². The molecule has 0 atom stereocenters. The van der Waals surface area contributed by atoms with E-state index in [1.165, 1.54) is 6.08 Å². The van der Waals surface area contributed by atoms with Gasteiger partial charge in [0.2, 0.25) is 0 Å². The van der Waals surface area contributed by atoms with Crippen molar-refractivity contribution in [1.82, 2.24) is 5.48 Å². The van der Waals surface area contributed by atoms with Gasteiger partial charge >= 0.3 is 0 Å². The molecule has 110 valence electrons. The first-order valence-electron chi connectivity index (χ1n) is 6.67. The van der Waals surface area contributed by atoms with Crippen LogP contribution >= 0.6 is 0 Å². The highest BCUT2D eigenvalue weighted by Crippen LogP contribution is 2.18. The van der Waals surface area contributed by atoms with E-state index in [2.05, 4.69) is 11.4 Å². The normalized spacial score (nSPS) is 10.2. The molecule has 2 rings (SSSR count). The molecular formula is C17H15N3O2. The summed E-state index contributed by atoms with van der Waals surface area (Å²) < 4.78 is 0. The molecule has 5 heteroatoms. The van der Waals surface area contributed by atoms with Gasteiger partial charge in [0.15, 0.2) is 0 Å². The fraction of sp³-hybridized carbons (Fsp3) is 0.0588. The van der Waals surface area contributed by atoms with Crippen molar-refractivity contribution in [3.05, 3.63) is 71.3 Å². The number of nitrogens with zero attached hydrogens (tertiary/aromatic N) is 1. The zero-order chi connectivity index (χ0) is 15.8. The molecule has 0 bridgehead atoms. The zero-order valence-electron chi connectivity index (χ0n) is 11.8. The van der Waals surface area contributed by atoms with Crippen molar-refractivity contribution in [2.45, 2.75) is 6.54 Å². The number of rotatable bonds is 5. The molecule has 0 aliphatic heterocycles. The van der Waals surface area contributed by atoms with E-state index in [0.29, 0.717) is 12.1 Å². The first-order valence-corrected chi connectivity index (χ1v) is 6.67. The summed E-state index contributed by atoms with van der Waals surface area (Å²) in [6.07, 6.45) is 2.86. The van der Waals surface area contributed by atoms with Gasteiger partial charge in [0, 0.05) is 18.3 Å². The lowest BCUT2D eigenvalue weighted by atomic mass is 10.1. The van der Waals surface area contributed by atoms with E-state index in [9.17, 15) is 4.79 Å². The van der Waals surface area contributed by atoms with Crippen molar-refractivity contribution in [1.29, 1.82) is 5.26 Å². The number of nitrogens with one attached hydrogen (secondary N) is 2. The molecule has 2 aromatic rings. The summed E-state index contributed by atoms with van der Waals surface area (Å²) in [5.74, 6) is -0.587. The van der Waals surface area contributed by atoms with E-state index in [1.807, 2.05) is 42.5 Å². The average Bonchev–Trinajstić information content (AvgIpc) is 2.58. The monoisotopic (exact) mass is 293 g/mol. The Kier molecular flexibility index (Phi) is 5.30. The molecule has 0 unspecified atom stereocenters. The Labute approximate surface area is 128 Å². The Morgan fingerprint density at radius 1 is 1.23 bits per heavy atom. The van der Waals surface area contributed by atoms with Crippen molar-refractivity contribution >= 4 is 17.7 Å².